The SMILES string of the molecule is Cc1c(C)c2c(c(C)c1O)CCC(C)(C(=O)N1CC(CN(C)C)C1)O2. The maximum Gasteiger partial charge on any atom is 0.266 e. The summed E-state index contributed by atoms with van der Waals surface area (Å²) in [4.78, 5) is 17.1. The van der Waals surface area contributed by atoms with Crippen LogP contribution >= 0.6 is 0 Å². The van der Waals surface area contributed by atoms with Gasteiger partial charge in [-0.15, -0.1) is 0 Å². The Morgan fingerprint density at radius 2 is 1.88 bits per heavy atom. The molecular formula is C20H30N2O3. The van der Waals surface area contributed by atoms with Gasteiger partial charge < -0.3 is 19.6 Å². The third kappa shape index (κ3) is 2.99. The third-order valence-corrected chi connectivity index (χ3v) is 5.84. The van der Waals surface area contributed by atoms with E-state index in [4.69, 9.17) is 4.74 Å². The fourth-order valence-corrected chi connectivity index (χ4v) is 4.10. The van der Waals surface area contributed by atoms with Crippen molar-refractivity contribution in [2.24, 2.45) is 5.92 Å². The van der Waals surface area contributed by atoms with Gasteiger partial charge in [-0.1, -0.05) is 0 Å². The smallest absolute Gasteiger partial charge is 0.266 e. The first-order valence-corrected chi connectivity index (χ1v) is 9.08. The zero-order valence-corrected chi connectivity index (χ0v) is 16.3. The van der Waals surface area contributed by atoms with Gasteiger partial charge >= 0.3 is 0 Å². The highest BCUT2D eigenvalue weighted by Crippen LogP contribution is 2.44. The van der Waals surface area contributed by atoms with Crippen LogP contribution in [-0.2, 0) is 11.2 Å². The first kappa shape index (κ1) is 18.1. The van der Waals surface area contributed by atoms with E-state index in [1.165, 1.54) is 0 Å². The molecule has 0 bridgehead atoms. The van der Waals surface area contributed by atoms with Gasteiger partial charge in [0.2, 0.25) is 0 Å². The van der Waals surface area contributed by atoms with E-state index in [-0.39, 0.29) is 5.91 Å². The minimum Gasteiger partial charge on any atom is -0.507 e. The molecule has 25 heavy (non-hydrogen) atoms. The number of amides is 1. The van der Waals surface area contributed by atoms with Gasteiger partial charge in [-0.25, -0.2) is 0 Å². The number of phenols is 1. The molecule has 1 atom stereocenters. The number of fused-ring (bicyclic) bond motifs is 1. The molecule has 2 heterocycles. The minimum atomic E-state index is -0.809. The predicted molar refractivity (Wildman–Crippen MR) is 98.3 cm³/mol. The zero-order chi connectivity index (χ0) is 18.5. The number of phenolic OH excluding ortho intramolecular Hbond substituents is 1. The van der Waals surface area contributed by atoms with Crippen LogP contribution in [0.5, 0.6) is 11.5 Å². The summed E-state index contributed by atoms with van der Waals surface area (Å²) in [6.45, 7) is 10.3. The quantitative estimate of drug-likeness (QED) is 0.913. The molecule has 1 saturated heterocycles. The summed E-state index contributed by atoms with van der Waals surface area (Å²) >= 11 is 0. The van der Waals surface area contributed by atoms with Gasteiger partial charge in [0, 0.05) is 37.5 Å². The number of hydrogen-bond acceptors (Lipinski definition) is 4. The predicted octanol–water partition coefficient (Wildman–Crippen LogP) is 2.42. The highest BCUT2D eigenvalue weighted by Gasteiger charge is 2.46. The second-order valence-electron chi connectivity index (χ2n) is 8.20. The third-order valence-electron chi connectivity index (χ3n) is 5.84. The molecule has 1 fully saturated rings. The van der Waals surface area contributed by atoms with Crippen molar-refractivity contribution in [2.75, 3.05) is 33.7 Å². The van der Waals surface area contributed by atoms with E-state index in [9.17, 15) is 9.90 Å². The van der Waals surface area contributed by atoms with Gasteiger partial charge in [-0.2, -0.15) is 0 Å². The van der Waals surface area contributed by atoms with E-state index in [1.54, 1.807) is 0 Å². The van der Waals surface area contributed by atoms with E-state index in [2.05, 4.69) is 19.0 Å². The molecule has 0 radical (unpaired) electrons. The van der Waals surface area contributed by atoms with Crippen molar-refractivity contribution >= 4 is 5.91 Å². The van der Waals surface area contributed by atoms with Crippen LogP contribution in [0.4, 0.5) is 0 Å². The Morgan fingerprint density at radius 1 is 1.24 bits per heavy atom. The molecule has 0 aromatic heterocycles. The Labute approximate surface area is 150 Å². The summed E-state index contributed by atoms with van der Waals surface area (Å²) in [6.07, 6.45) is 1.41. The standard InChI is InChI=1S/C20H30N2O3/c1-12-13(2)18-16(14(3)17(12)23)7-8-20(4,25-18)19(24)22-10-15(11-22)9-21(5)6/h15,23H,7-11H2,1-6H3. The van der Waals surface area contributed by atoms with Crippen LogP contribution in [0.25, 0.3) is 0 Å². The number of hydrogen-bond donors (Lipinski definition) is 1. The molecule has 1 aromatic rings. The highest BCUT2D eigenvalue weighted by atomic mass is 16.5. The average Bonchev–Trinajstić information content (AvgIpc) is 2.53. The number of carbonyl (C=O) groups excluding carboxylic acids is 1. The van der Waals surface area contributed by atoms with Gasteiger partial charge in [-0.3, -0.25) is 4.79 Å². The summed E-state index contributed by atoms with van der Waals surface area (Å²) in [6, 6.07) is 0. The highest BCUT2D eigenvalue weighted by molar-refractivity contribution is 5.86. The Balaban J connectivity index is 1.79. The van der Waals surface area contributed by atoms with Crippen LogP contribution in [0.3, 0.4) is 0 Å². The molecule has 0 spiro atoms. The van der Waals surface area contributed by atoms with Crippen LogP contribution < -0.4 is 4.74 Å². The Morgan fingerprint density at radius 3 is 2.48 bits per heavy atom. The molecule has 1 unspecified atom stereocenters. The molecule has 5 nitrogen and oxygen atoms in total. The van der Waals surface area contributed by atoms with Crippen LogP contribution in [0, 0.1) is 26.7 Å². The number of benzene rings is 1. The van der Waals surface area contributed by atoms with Crippen molar-refractivity contribution in [2.45, 2.75) is 46.1 Å². The van der Waals surface area contributed by atoms with Gasteiger partial charge in [0.05, 0.1) is 0 Å². The van der Waals surface area contributed by atoms with Crippen molar-refractivity contribution in [3.8, 4) is 11.5 Å². The number of ether oxygens (including phenoxy) is 1. The fourth-order valence-electron chi connectivity index (χ4n) is 4.10. The maximum absolute atomic E-state index is 13.0. The maximum atomic E-state index is 13.0. The lowest BCUT2D eigenvalue weighted by atomic mass is 9.85. The average molecular weight is 346 g/mol. The van der Waals surface area contributed by atoms with Crippen molar-refractivity contribution in [1.29, 1.82) is 0 Å². The number of carbonyl (C=O) groups is 1. The number of aromatic hydroxyl groups is 1. The summed E-state index contributed by atoms with van der Waals surface area (Å²) in [7, 11) is 4.13. The Hall–Kier alpha value is -1.75. The molecule has 0 saturated carbocycles. The van der Waals surface area contributed by atoms with E-state index >= 15 is 0 Å². The van der Waals surface area contributed by atoms with Crippen molar-refractivity contribution in [1.82, 2.24) is 9.80 Å². The van der Waals surface area contributed by atoms with E-state index in [0.717, 1.165) is 54.1 Å². The lowest BCUT2D eigenvalue weighted by molar-refractivity contribution is -0.155. The summed E-state index contributed by atoms with van der Waals surface area (Å²) in [5.41, 5.74) is 2.88. The van der Waals surface area contributed by atoms with Gasteiger partial charge in [0.25, 0.3) is 5.91 Å². The molecule has 1 aromatic carbocycles. The van der Waals surface area contributed by atoms with Gasteiger partial charge in [0.15, 0.2) is 5.60 Å². The monoisotopic (exact) mass is 346 g/mol. The summed E-state index contributed by atoms with van der Waals surface area (Å²) < 4.78 is 6.29. The number of likely N-dealkylation sites (tertiary alicyclic amines) is 1. The Bertz CT molecular complexity index is 708. The fraction of sp³-hybridized carbons (Fsp3) is 0.650. The molecule has 3 rings (SSSR count). The van der Waals surface area contributed by atoms with Crippen LogP contribution in [-0.4, -0.2) is 60.1 Å². The van der Waals surface area contributed by atoms with Crippen molar-refractivity contribution in [3.63, 3.8) is 0 Å². The first-order chi connectivity index (χ1) is 11.6. The molecule has 1 amide bonds. The number of nitrogens with zero attached hydrogens (tertiary/aromatic N) is 2. The van der Waals surface area contributed by atoms with Crippen molar-refractivity contribution < 1.29 is 14.6 Å². The normalized spacial score (nSPS) is 23.2. The molecule has 5 heteroatoms. The van der Waals surface area contributed by atoms with Crippen LogP contribution in [0.15, 0.2) is 0 Å². The lowest BCUT2D eigenvalue weighted by Gasteiger charge is -2.46. The largest absolute Gasteiger partial charge is 0.507 e. The summed E-state index contributed by atoms with van der Waals surface area (Å²) in [5, 5.41) is 10.3. The van der Waals surface area contributed by atoms with Crippen LogP contribution in [0.1, 0.15) is 35.6 Å². The first-order valence-electron chi connectivity index (χ1n) is 9.08. The zero-order valence-electron chi connectivity index (χ0n) is 16.3. The molecule has 138 valence electrons. The van der Waals surface area contributed by atoms with E-state index < -0.39 is 5.60 Å². The minimum absolute atomic E-state index is 0.0935. The van der Waals surface area contributed by atoms with Gasteiger partial charge in [-0.05, 0) is 64.9 Å². The second kappa shape index (κ2) is 6.20. The molecule has 2 aliphatic rings. The topological polar surface area (TPSA) is 53.0 Å². The molecule has 1 N–H and O–H groups in total. The van der Waals surface area contributed by atoms with Crippen LogP contribution in [0.2, 0.25) is 0 Å². The summed E-state index contributed by atoms with van der Waals surface area (Å²) in [5.74, 6) is 1.79. The molecule has 0 aliphatic carbocycles. The van der Waals surface area contributed by atoms with Crippen molar-refractivity contribution in [3.05, 3.63) is 22.3 Å². The second-order valence-corrected chi connectivity index (χ2v) is 8.20. The van der Waals surface area contributed by atoms with E-state index in [0.29, 0.717) is 18.1 Å². The number of rotatable bonds is 3. The molecular weight excluding hydrogens is 316 g/mol. The Kier molecular flexibility index (Phi) is 4.48. The molecule has 2 aliphatic heterocycles. The lowest BCUT2D eigenvalue weighted by Crippen LogP contribution is -2.61. The van der Waals surface area contributed by atoms with E-state index in [1.807, 2.05) is 32.6 Å². The van der Waals surface area contributed by atoms with Gasteiger partial charge in [0.1, 0.15) is 11.5 Å².